The summed E-state index contributed by atoms with van der Waals surface area (Å²) in [6, 6.07) is 9.69. The van der Waals surface area contributed by atoms with Crippen molar-refractivity contribution in [2.45, 2.75) is 25.2 Å². The van der Waals surface area contributed by atoms with E-state index in [2.05, 4.69) is 0 Å². The lowest BCUT2D eigenvalue weighted by Gasteiger charge is -2.48. The molecule has 0 atom stereocenters. The Morgan fingerprint density at radius 1 is 1.30 bits per heavy atom. The molecule has 0 aliphatic carbocycles. The van der Waals surface area contributed by atoms with Gasteiger partial charge in [-0.3, -0.25) is 4.79 Å². The fourth-order valence-corrected chi connectivity index (χ4v) is 2.73. The normalized spacial score (nSPS) is 29.4. The average Bonchev–Trinajstić information content (AvgIpc) is 2.40. The quantitative estimate of drug-likeness (QED) is 0.490. The number of ether oxygens (including phenoxy) is 1. The Balaban J connectivity index is 0.00000200. The molecule has 1 aliphatic heterocycles. The maximum atomic E-state index is 12.4. The van der Waals surface area contributed by atoms with Crippen molar-refractivity contribution in [3.63, 3.8) is 0 Å². The van der Waals surface area contributed by atoms with Crippen LogP contribution in [-0.2, 0) is 14.9 Å². The summed E-state index contributed by atoms with van der Waals surface area (Å²) < 4.78 is 4.99. The van der Waals surface area contributed by atoms with Crippen LogP contribution < -0.4 is 0 Å². The zero-order valence-electron chi connectivity index (χ0n) is 12.0. The van der Waals surface area contributed by atoms with Gasteiger partial charge >= 0.3 is 5.97 Å². The van der Waals surface area contributed by atoms with E-state index in [4.69, 9.17) is 4.74 Å². The van der Waals surface area contributed by atoms with Crippen LogP contribution in [0.25, 0.3) is 0 Å². The van der Waals surface area contributed by atoms with Gasteiger partial charge in [0.05, 0.1) is 26.7 Å². The van der Waals surface area contributed by atoms with Crippen molar-refractivity contribution < 1.29 is 14.2 Å². The van der Waals surface area contributed by atoms with Gasteiger partial charge in [0.25, 0.3) is 0 Å². The zero-order valence-corrected chi connectivity index (χ0v) is 12.8. The van der Waals surface area contributed by atoms with Crippen LogP contribution in [0.5, 0.6) is 0 Å². The highest BCUT2D eigenvalue weighted by molar-refractivity contribution is 5.85. The van der Waals surface area contributed by atoms with Crippen molar-refractivity contribution >= 4 is 18.4 Å². The van der Waals surface area contributed by atoms with Crippen LogP contribution in [-0.4, -0.2) is 37.4 Å². The van der Waals surface area contributed by atoms with E-state index in [1.807, 2.05) is 37.3 Å². The molecule has 0 N–H and O–H groups in total. The largest absolute Gasteiger partial charge is 0.633 e. The van der Waals surface area contributed by atoms with Gasteiger partial charge in [0.2, 0.25) is 0 Å². The highest BCUT2D eigenvalue weighted by Crippen LogP contribution is 2.38. The number of hydroxylamine groups is 3. The predicted octanol–water partition coefficient (Wildman–Crippen LogP) is 2.65. The zero-order chi connectivity index (χ0) is 13.9. The number of hydrogen-bond donors (Lipinski definition) is 0. The number of piperidine rings is 1. The van der Waals surface area contributed by atoms with Gasteiger partial charge in [-0.1, -0.05) is 30.3 Å². The van der Waals surface area contributed by atoms with Gasteiger partial charge in [-0.25, -0.2) is 0 Å². The molecule has 5 heteroatoms. The molecule has 0 aromatic heterocycles. The minimum absolute atomic E-state index is 0. The molecule has 1 fully saturated rings. The minimum atomic E-state index is -0.639. The van der Waals surface area contributed by atoms with Gasteiger partial charge in [0.1, 0.15) is 5.41 Å². The molecule has 4 nitrogen and oxygen atoms in total. The lowest BCUT2D eigenvalue weighted by Crippen LogP contribution is -2.53. The Labute approximate surface area is 126 Å². The van der Waals surface area contributed by atoms with Gasteiger partial charge in [0, 0.05) is 12.8 Å². The summed E-state index contributed by atoms with van der Waals surface area (Å²) in [5.74, 6) is -0.194. The molecule has 1 aromatic carbocycles. The summed E-state index contributed by atoms with van der Waals surface area (Å²) in [5, 5.41) is 12.0. The Morgan fingerprint density at radius 3 is 2.35 bits per heavy atom. The first-order valence-corrected chi connectivity index (χ1v) is 6.78. The highest BCUT2D eigenvalue weighted by Gasteiger charge is 2.46. The maximum Gasteiger partial charge on any atom is 0.317 e. The first kappa shape index (κ1) is 17.0. The number of esters is 1. The van der Waals surface area contributed by atoms with E-state index in [-0.39, 0.29) is 23.0 Å². The van der Waals surface area contributed by atoms with Crippen LogP contribution in [0.4, 0.5) is 0 Å². The van der Waals surface area contributed by atoms with Crippen LogP contribution in [0, 0.1) is 5.21 Å². The molecule has 0 spiro atoms. The molecular weight excluding hydrogens is 278 g/mol. The van der Waals surface area contributed by atoms with Crippen LogP contribution in [0.1, 0.15) is 25.3 Å². The molecular formula is C15H22ClNO3. The molecule has 2 rings (SSSR count). The van der Waals surface area contributed by atoms with Crippen LogP contribution in [0.3, 0.4) is 0 Å². The first-order chi connectivity index (χ1) is 9.00. The van der Waals surface area contributed by atoms with E-state index in [1.165, 1.54) is 0 Å². The molecule has 1 aliphatic rings. The second kappa shape index (κ2) is 6.57. The highest BCUT2D eigenvalue weighted by atomic mass is 35.5. The molecule has 0 bridgehead atoms. The van der Waals surface area contributed by atoms with E-state index in [1.54, 1.807) is 7.05 Å². The number of quaternary nitrogens is 1. The third-order valence-corrected chi connectivity index (χ3v) is 4.02. The first-order valence-electron chi connectivity index (χ1n) is 6.78. The van der Waals surface area contributed by atoms with E-state index in [0.29, 0.717) is 32.5 Å². The monoisotopic (exact) mass is 299 g/mol. The fraction of sp³-hybridized carbons (Fsp3) is 0.533. The van der Waals surface area contributed by atoms with Gasteiger partial charge in [-0.05, 0) is 12.5 Å². The summed E-state index contributed by atoms with van der Waals surface area (Å²) >= 11 is 0. The minimum Gasteiger partial charge on any atom is -0.633 e. The third-order valence-electron chi connectivity index (χ3n) is 4.02. The van der Waals surface area contributed by atoms with Gasteiger partial charge in [-0.2, -0.15) is 0 Å². The average molecular weight is 300 g/mol. The Kier molecular flexibility index (Phi) is 5.57. The molecule has 0 unspecified atom stereocenters. The van der Waals surface area contributed by atoms with E-state index < -0.39 is 5.41 Å². The lowest BCUT2D eigenvalue weighted by atomic mass is 9.72. The Bertz CT molecular complexity index is 438. The van der Waals surface area contributed by atoms with Crippen molar-refractivity contribution in [1.82, 2.24) is 0 Å². The summed E-state index contributed by atoms with van der Waals surface area (Å²) in [6.07, 6.45) is 1.10. The predicted molar refractivity (Wildman–Crippen MR) is 80.5 cm³/mol. The fourth-order valence-electron chi connectivity index (χ4n) is 2.73. The van der Waals surface area contributed by atoms with E-state index in [0.717, 1.165) is 5.56 Å². The van der Waals surface area contributed by atoms with Gasteiger partial charge < -0.3 is 14.6 Å². The Morgan fingerprint density at radius 2 is 1.85 bits per heavy atom. The van der Waals surface area contributed by atoms with Crippen molar-refractivity contribution in [3.05, 3.63) is 41.1 Å². The standard InChI is InChI=1S/C15H21NO3.ClH/c1-3-19-14(17)15(13-7-5-4-6-8-13)9-11-16(2,18)12-10-15;/h4-8H,3,9-12H2,1-2H3;1H. The number of hydrogen-bond acceptors (Lipinski definition) is 3. The number of nitrogens with zero attached hydrogens (tertiary/aromatic N) is 1. The molecule has 1 heterocycles. The number of halogens is 1. The van der Waals surface area contributed by atoms with Crippen molar-refractivity contribution in [3.8, 4) is 0 Å². The maximum absolute atomic E-state index is 12.4. The Hall–Kier alpha value is -1.10. The number of benzene rings is 1. The SMILES string of the molecule is CCOC(=O)C1(c2ccccc2)CC[N+](C)([O-])CC1.Cl. The van der Waals surface area contributed by atoms with Crippen LogP contribution in [0.2, 0.25) is 0 Å². The van der Waals surface area contributed by atoms with Crippen LogP contribution >= 0.6 is 12.4 Å². The van der Waals surface area contributed by atoms with Crippen molar-refractivity contribution in [2.24, 2.45) is 0 Å². The topological polar surface area (TPSA) is 49.4 Å². The lowest BCUT2D eigenvalue weighted by molar-refractivity contribution is -0.867. The summed E-state index contributed by atoms with van der Waals surface area (Å²) in [7, 11) is 1.67. The van der Waals surface area contributed by atoms with Crippen LogP contribution in [0.15, 0.2) is 30.3 Å². The second-order valence-electron chi connectivity index (χ2n) is 5.41. The smallest absolute Gasteiger partial charge is 0.317 e. The van der Waals surface area contributed by atoms with Gasteiger partial charge in [-0.15, -0.1) is 12.4 Å². The third kappa shape index (κ3) is 3.32. The number of rotatable bonds is 3. The molecule has 1 saturated heterocycles. The van der Waals surface area contributed by atoms with E-state index >= 15 is 0 Å². The summed E-state index contributed by atoms with van der Waals surface area (Å²) in [6.45, 7) is 3.09. The molecule has 20 heavy (non-hydrogen) atoms. The number of carbonyl (C=O) groups excluding carboxylic acids is 1. The molecule has 0 radical (unpaired) electrons. The number of carbonyl (C=O) groups is 1. The molecule has 1 aromatic rings. The van der Waals surface area contributed by atoms with Gasteiger partial charge in [0.15, 0.2) is 0 Å². The van der Waals surface area contributed by atoms with E-state index in [9.17, 15) is 10.0 Å². The molecule has 112 valence electrons. The molecule has 0 saturated carbocycles. The number of likely N-dealkylation sites (tertiary alicyclic amines) is 1. The summed E-state index contributed by atoms with van der Waals surface area (Å²) in [5.41, 5.74) is 0.326. The molecule has 0 amide bonds. The van der Waals surface area contributed by atoms with Crippen molar-refractivity contribution in [1.29, 1.82) is 0 Å². The van der Waals surface area contributed by atoms with Crippen molar-refractivity contribution in [2.75, 3.05) is 26.7 Å². The summed E-state index contributed by atoms with van der Waals surface area (Å²) in [4.78, 5) is 12.4. The second-order valence-corrected chi connectivity index (χ2v) is 5.41.